The summed E-state index contributed by atoms with van der Waals surface area (Å²) in [6.45, 7) is 2.05. The molecule has 1 N–H and O–H groups in total. The van der Waals surface area contributed by atoms with E-state index < -0.39 is 10.9 Å². The Hall–Kier alpha value is -2.15. The molecule has 7 heteroatoms. The molecule has 0 saturated carbocycles. The molecule has 2 aromatic rings. The average Bonchev–Trinajstić information content (AvgIpc) is 2.73. The highest BCUT2D eigenvalue weighted by molar-refractivity contribution is 9.10. The lowest BCUT2D eigenvalue weighted by Crippen LogP contribution is -2.03. The van der Waals surface area contributed by atoms with E-state index in [1.807, 2.05) is 0 Å². The monoisotopic (exact) mass is 338 g/mol. The van der Waals surface area contributed by atoms with E-state index in [0.29, 0.717) is 16.7 Å². The van der Waals surface area contributed by atoms with Gasteiger partial charge in [0.1, 0.15) is 0 Å². The molecule has 0 aliphatic carbocycles. The van der Waals surface area contributed by atoms with Gasteiger partial charge in [0.25, 0.3) is 5.69 Å². The fourth-order valence-corrected chi connectivity index (χ4v) is 2.41. The Kier molecular flexibility index (Phi) is 3.89. The van der Waals surface area contributed by atoms with Gasteiger partial charge in [0.05, 0.1) is 15.1 Å². The molecule has 0 unspecified atom stereocenters. The third-order valence-electron chi connectivity index (χ3n) is 3.05. The predicted octanol–water partition coefficient (Wildman–Crippen LogP) is 3.21. The van der Waals surface area contributed by atoms with Crippen LogP contribution in [0.3, 0.4) is 0 Å². The second-order valence-electron chi connectivity index (χ2n) is 4.30. The number of nitro benzene ring substituents is 1. The second kappa shape index (κ2) is 5.46. The van der Waals surface area contributed by atoms with Crippen molar-refractivity contribution in [1.82, 2.24) is 4.57 Å². The zero-order valence-corrected chi connectivity index (χ0v) is 12.1. The van der Waals surface area contributed by atoms with E-state index in [0.717, 1.165) is 5.56 Å². The molecule has 0 atom stereocenters. The van der Waals surface area contributed by atoms with E-state index >= 15 is 0 Å². The summed E-state index contributed by atoms with van der Waals surface area (Å²) in [6, 6.07) is 6.35. The van der Waals surface area contributed by atoms with Crippen molar-refractivity contribution in [2.24, 2.45) is 0 Å². The highest BCUT2D eigenvalue weighted by Gasteiger charge is 2.15. The second-order valence-corrected chi connectivity index (χ2v) is 5.12. The van der Waals surface area contributed by atoms with Gasteiger partial charge in [-0.25, -0.2) is 4.79 Å². The molecule has 0 bridgehead atoms. The smallest absolute Gasteiger partial charge is 0.337 e. The normalized spacial score (nSPS) is 10.5. The number of nitrogens with zero attached hydrogens (tertiary/aromatic N) is 2. The number of aromatic nitrogens is 1. The van der Waals surface area contributed by atoms with Crippen LogP contribution in [0.15, 0.2) is 35.1 Å². The maximum absolute atomic E-state index is 10.9. The van der Waals surface area contributed by atoms with E-state index in [-0.39, 0.29) is 11.3 Å². The molecule has 0 aliphatic rings. The number of aromatic carboxylic acids is 1. The van der Waals surface area contributed by atoms with Gasteiger partial charge in [0, 0.05) is 24.4 Å². The zero-order valence-electron chi connectivity index (χ0n) is 10.5. The molecule has 104 valence electrons. The van der Waals surface area contributed by atoms with Crippen molar-refractivity contribution in [2.75, 3.05) is 0 Å². The molecule has 1 aromatic carbocycles. The first-order valence-electron chi connectivity index (χ1n) is 5.72. The highest BCUT2D eigenvalue weighted by atomic mass is 79.9. The summed E-state index contributed by atoms with van der Waals surface area (Å²) in [6.07, 6.45) is 1.49. The van der Waals surface area contributed by atoms with Gasteiger partial charge in [-0.05, 0) is 34.5 Å². The summed E-state index contributed by atoms with van der Waals surface area (Å²) in [5, 5.41) is 19.8. The van der Waals surface area contributed by atoms with Gasteiger partial charge in [-0.2, -0.15) is 0 Å². The fourth-order valence-electron chi connectivity index (χ4n) is 1.94. The number of carboxylic acids is 1. The molecule has 0 fully saturated rings. The minimum atomic E-state index is -1.01. The molecule has 1 heterocycles. The quantitative estimate of drug-likeness (QED) is 0.685. The van der Waals surface area contributed by atoms with Gasteiger partial charge in [-0.15, -0.1) is 0 Å². The van der Waals surface area contributed by atoms with E-state index in [2.05, 4.69) is 15.9 Å². The summed E-state index contributed by atoms with van der Waals surface area (Å²) in [4.78, 5) is 21.4. The van der Waals surface area contributed by atoms with Crippen molar-refractivity contribution in [3.05, 3.63) is 61.9 Å². The van der Waals surface area contributed by atoms with Crippen LogP contribution in [0.1, 0.15) is 21.5 Å². The number of benzene rings is 1. The first kappa shape index (κ1) is 14.3. The lowest BCUT2D eigenvalue weighted by atomic mass is 10.1. The van der Waals surface area contributed by atoms with Gasteiger partial charge in [0.15, 0.2) is 0 Å². The number of rotatable bonds is 4. The van der Waals surface area contributed by atoms with Crippen LogP contribution in [0.4, 0.5) is 5.69 Å². The first-order valence-corrected chi connectivity index (χ1v) is 6.51. The highest BCUT2D eigenvalue weighted by Crippen LogP contribution is 2.24. The molecule has 2 rings (SSSR count). The van der Waals surface area contributed by atoms with Gasteiger partial charge in [0.2, 0.25) is 0 Å². The third kappa shape index (κ3) is 2.72. The van der Waals surface area contributed by atoms with Crippen LogP contribution >= 0.6 is 15.9 Å². The van der Waals surface area contributed by atoms with Crippen LogP contribution in [0, 0.1) is 17.0 Å². The molecular formula is C13H11BrN2O4. The van der Waals surface area contributed by atoms with E-state index in [4.69, 9.17) is 5.11 Å². The molecule has 0 spiro atoms. The number of halogens is 1. The number of carbonyl (C=O) groups is 1. The molecule has 0 saturated heterocycles. The Morgan fingerprint density at radius 2 is 2.20 bits per heavy atom. The van der Waals surface area contributed by atoms with Gasteiger partial charge in [-0.3, -0.25) is 10.1 Å². The molecule has 0 aliphatic heterocycles. The standard InChI is InChI=1S/C13H11BrN2O4/c1-8-9(3-2-4-11(8)16(19)20)6-15-7-10(13(17)18)5-12(15)14/h2-5,7H,6H2,1H3,(H,17,18). The Bertz CT molecular complexity index is 694. The minimum Gasteiger partial charge on any atom is -0.478 e. The number of nitro groups is 1. The number of hydrogen-bond donors (Lipinski definition) is 1. The van der Waals surface area contributed by atoms with E-state index in [1.165, 1.54) is 18.3 Å². The topological polar surface area (TPSA) is 85.4 Å². The Morgan fingerprint density at radius 1 is 1.50 bits per heavy atom. The van der Waals surface area contributed by atoms with Gasteiger partial charge in [-0.1, -0.05) is 12.1 Å². The van der Waals surface area contributed by atoms with Crippen molar-refractivity contribution >= 4 is 27.6 Å². The van der Waals surface area contributed by atoms with Gasteiger partial charge < -0.3 is 9.67 Å². The van der Waals surface area contributed by atoms with Crippen molar-refractivity contribution in [1.29, 1.82) is 0 Å². The van der Waals surface area contributed by atoms with Crippen LogP contribution in [0.2, 0.25) is 0 Å². The van der Waals surface area contributed by atoms with Crippen LogP contribution in [-0.2, 0) is 6.54 Å². The lowest BCUT2D eigenvalue weighted by Gasteiger charge is -2.08. The Morgan fingerprint density at radius 3 is 2.75 bits per heavy atom. The Balaban J connectivity index is 2.38. The van der Waals surface area contributed by atoms with Gasteiger partial charge >= 0.3 is 5.97 Å². The van der Waals surface area contributed by atoms with Crippen LogP contribution < -0.4 is 0 Å². The maximum Gasteiger partial charge on any atom is 0.337 e. The zero-order chi connectivity index (χ0) is 14.9. The molecule has 20 heavy (non-hydrogen) atoms. The Labute approximate surface area is 122 Å². The summed E-state index contributed by atoms with van der Waals surface area (Å²) < 4.78 is 2.30. The average molecular weight is 339 g/mol. The summed E-state index contributed by atoms with van der Waals surface area (Å²) in [5.41, 5.74) is 1.58. The number of hydrogen-bond acceptors (Lipinski definition) is 3. The van der Waals surface area contributed by atoms with E-state index in [1.54, 1.807) is 23.6 Å². The van der Waals surface area contributed by atoms with Crippen molar-refractivity contribution in [3.63, 3.8) is 0 Å². The molecule has 0 radical (unpaired) electrons. The molecule has 1 aromatic heterocycles. The molecule has 0 amide bonds. The molecule has 6 nitrogen and oxygen atoms in total. The first-order chi connectivity index (χ1) is 9.40. The van der Waals surface area contributed by atoms with Crippen molar-refractivity contribution in [2.45, 2.75) is 13.5 Å². The summed E-state index contributed by atoms with van der Waals surface area (Å²) in [7, 11) is 0. The summed E-state index contributed by atoms with van der Waals surface area (Å²) >= 11 is 3.28. The molecular weight excluding hydrogens is 328 g/mol. The maximum atomic E-state index is 10.9. The SMILES string of the molecule is Cc1c(Cn2cc(C(=O)O)cc2Br)cccc1[N+](=O)[O-]. The van der Waals surface area contributed by atoms with Crippen LogP contribution in [-0.4, -0.2) is 20.6 Å². The number of carboxylic acid groups (broad SMARTS) is 1. The largest absolute Gasteiger partial charge is 0.478 e. The lowest BCUT2D eigenvalue weighted by molar-refractivity contribution is -0.385. The third-order valence-corrected chi connectivity index (χ3v) is 3.73. The van der Waals surface area contributed by atoms with E-state index in [9.17, 15) is 14.9 Å². The predicted molar refractivity (Wildman–Crippen MR) is 76.0 cm³/mol. The van der Waals surface area contributed by atoms with Crippen molar-refractivity contribution in [3.8, 4) is 0 Å². The minimum absolute atomic E-state index is 0.0595. The van der Waals surface area contributed by atoms with Crippen molar-refractivity contribution < 1.29 is 14.8 Å². The van der Waals surface area contributed by atoms with Crippen LogP contribution in [0.5, 0.6) is 0 Å². The fraction of sp³-hybridized carbons (Fsp3) is 0.154. The van der Waals surface area contributed by atoms with Crippen LogP contribution in [0.25, 0.3) is 0 Å². The summed E-state index contributed by atoms with van der Waals surface area (Å²) in [5.74, 6) is -1.01.